The summed E-state index contributed by atoms with van der Waals surface area (Å²) in [6.07, 6.45) is 0. The minimum atomic E-state index is -0.609. The molecule has 0 spiro atoms. The molecular weight excluding hydrogens is 314 g/mol. The van der Waals surface area contributed by atoms with Crippen molar-refractivity contribution in [2.75, 3.05) is 13.2 Å². The number of carbonyl (C=O) groups is 2. The van der Waals surface area contributed by atoms with E-state index in [1.807, 2.05) is 37.3 Å². The normalized spacial score (nSPS) is 11.6. The van der Waals surface area contributed by atoms with E-state index in [4.69, 9.17) is 16.3 Å². The zero-order valence-corrected chi connectivity index (χ0v) is 13.5. The van der Waals surface area contributed by atoms with E-state index in [2.05, 4.69) is 5.32 Å². The Bertz CT molecular complexity index is 673. The van der Waals surface area contributed by atoms with Crippen molar-refractivity contribution in [1.29, 1.82) is 0 Å². The Morgan fingerprint density at radius 2 is 1.74 bits per heavy atom. The van der Waals surface area contributed by atoms with Crippen LogP contribution < -0.4 is 5.32 Å². The monoisotopic (exact) mass is 331 g/mol. The Balaban J connectivity index is 1.77. The number of hydrogen-bond acceptors (Lipinski definition) is 3. The van der Waals surface area contributed by atoms with Crippen molar-refractivity contribution in [3.63, 3.8) is 0 Å². The standard InChI is InChI=1S/C18H18ClNO3/c1-13(14-7-3-2-4-8-14)11-20-17(21)12-23-18(22)15-9-5-6-10-16(15)19/h2-10,13H,11-12H2,1H3,(H,20,21)/t13-/m1/s1. The smallest absolute Gasteiger partial charge is 0.340 e. The van der Waals surface area contributed by atoms with Gasteiger partial charge >= 0.3 is 5.97 Å². The van der Waals surface area contributed by atoms with E-state index >= 15 is 0 Å². The van der Waals surface area contributed by atoms with Gasteiger partial charge in [0.15, 0.2) is 6.61 Å². The minimum absolute atomic E-state index is 0.180. The molecule has 0 saturated heterocycles. The van der Waals surface area contributed by atoms with Crippen LogP contribution in [0.15, 0.2) is 54.6 Å². The van der Waals surface area contributed by atoms with Crippen LogP contribution in [-0.4, -0.2) is 25.0 Å². The van der Waals surface area contributed by atoms with E-state index in [1.54, 1.807) is 24.3 Å². The number of nitrogens with one attached hydrogen (secondary N) is 1. The Kier molecular flexibility index (Phi) is 6.18. The first-order chi connectivity index (χ1) is 11.1. The molecule has 0 heterocycles. The summed E-state index contributed by atoms with van der Waals surface area (Å²) in [7, 11) is 0. The lowest BCUT2D eigenvalue weighted by Gasteiger charge is -2.13. The van der Waals surface area contributed by atoms with Gasteiger partial charge in [0.25, 0.3) is 5.91 Å². The summed E-state index contributed by atoms with van der Waals surface area (Å²) in [6, 6.07) is 16.4. The molecule has 0 bridgehead atoms. The van der Waals surface area contributed by atoms with Gasteiger partial charge < -0.3 is 10.1 Å². The molecule has 1 amide bonds. The zero-order valence-electron chi connectivity index (χ0n) is 12.8. The molecule has 0 aliphatic rings. The maximum Gasteiger partial charge on any atom is 0.340 e. The van der Waals surface area contributed by atoms with Crippen molar-refractivity contribution in [3.8, 4) is 0 Å². The van der Waals surface area contributed by atoms with Gasteiger partial charge in [0.2, 0.25) is 0 Å². The first-order valence-electron chi connectivity index (χ1n) is 7.31. The van der Waals surface area contributed by atoms with Gasteiger partial charge in [0.1, 0.15) is 0 Å². The molecule has 5 heteroatoms. The molecule has 0 aliphatic heterocycles. The summed E-state index contributed by atoms with van der Waals surface area (Å²) in [4.78, 5) is 23.6. The van der Waals surface area contributed by atoms with Gasteiger partial charge in [-0.1, -0.05) is 61.0 Å². The third-order valence-electron chi connectivity index (χ3n) is 3.40. The second kappa shape index (κ2) is 8.34. The maximum atomic E-state index is 11.8. The summed E-state index contributed by atoms with van der Waals surface area (Å²) in [6.45, 7) is 2.17. The molecule has 120 valence electrons. The molecule has 0 aliphatic carbocycles. The average molecular weight is 332 g/mol. The van der Waals surface area contributed by atoms with E-state index in [9.17, 15) is 9.59 Å². The molecule has 0 aromatic heterocycles. The van der Waals surface area contributed by atoms with Crippen LogP contribution >= 0.6 is 11.6 Å². The van der Waals surface area contributed by atoms with Crippen molar-refractivity contribution in [3.05, 3.63) is 70.7 Å². The molecule has 0 saturated carbocycles. The number of rotatable bonds is 6. The van der Waals surface area contributed by atoms with Crippen molar-refractivity contribution >= 4 is 23.5 Å². The highest BCUT2D eigenvalue weighted by Gasteiger charge is 2.13. The highest BCUT2D eigenvalue weighted by atomic mass is 35.5. The first-order valence-corrected chi connectivity index (χ1v) is 7.69. The van der Waals surface area contributed by atoms with Gasteiger partial charge in [-0.25, -0.2) is 4.79 Å². The van der Waals surface area contributed by atoms with Crippen LogP contribution in [0.1, 0.15) is 28.8 Å². The van der Waals surface area contributed by atoms with Crippen molar-refractivity contribution in [2.45, 2.75) is 12.8 Å². The van der Waals surface area contributed by atoms with E-state index in [1.165, 1.54) is 0 Å². The van der Waals surface area contributed by atoms with E-state index in [-0.39, 0.29) is 24.0 Å². The highest BCUT2D eigenvalue weighted by Crippen LogP contribution is 2.16. The molecule has 23 heavy (non-hydrogen) atoms. The third-order valence-corrected chi connectivity index (χ3v) is 3.73. The first kappa shape index (κ1) is 17.0. The lowest BCUT2D eigenvalue weighted by molar-refractivity contribution is -0.124. The van der Waals surface area contributed by atoms with Gasteiger partial charge in [-0.05, 0) is 23.6 Å². The molecule has 0 unspecified atom stereocenters. The Morgan fingerprint density at radius 3 is 2.43 bits per heavy atom. The lowest BCUT2D eigenvalue weighted by Crippen LogP contribution is -2.31. The maximum absolute atomic E-state index is 11.8. The fourth-order valence-corrected chi connectivity index (χ4v) is 2.27. The topological polar surface area (TPSA) is 55.4 Å². The molecule has 2 aromatic rings. The van der Waals surface area contributed by atoms with Crippen LogP contribution in [0.4, 0.5) is 0 Å². The molecule has 0 radical (unpaired) electrons. The van der Waals surface area contributed by atoms with E-state index < -0.39 is 5.97 Å². The largest absolute Gasteiger partial charge is 0.452 e. The van der Waals surface area contributed by atoms with Gasteiger partial charge in [0, 0.05) is 6.54 Å². The Labute approximate surface area is 140 Å². The van der Waals surface area contributed by atoms with Crippen LogP contribution in [0.25, 0.3) is 0 Å². The number of amides is 1. The SMILES string of the molecule is C[C@H](CNC(=O)COC(=O)c1ccccc1Cl)c1ccccc1. The molecule has 1 atom stereocenters. The molecule has 4 nitrogen and oxygen atoms in total. The predicted molar refractivity (Wildman–Crippen MR) is 89.6 cm³/mol. The summed E-state index contributed by atoms with van der Waals surface area (Å²) in [5, 5.41) is 3.05. The quantitative estimate of drug-likeness (QED) is 0.825. The molecular formula is C18H18ClNO3. The summed E-state index contributed by atoms with van der Waals surface area (Å²) < 4.78 is 4.97. The average Bonchev–Trinajstić information content (AvgIpc) is 2.58. The Morgan fingerprint density at radius 1 is 1.09 bits per heavy atom. The number of halogens is 1. The number of esters is 1. The van der Waals surface area contributed by atoms with Gasteiger partial charge in [-0.15, -0.1) is 0 Å². The molecule has 2 rings (SSSR count). The fourth-order valence-electron chi connectivity index (χ4n) is 2.05. The minimum Gasteiger partial charge on any atom is -0.452 e. The highest BCUT2D eigenvalue weighted by molar-refractivity contribution is 6.33. The van der Waals surface area contributed by atoms with Crippen LogP contribution in [0, 0.1) is 0 Å². The van der Waals surface area contributed by atoms with Crippen LogP contribution in [-0.2, 0) is 9.53 Å². The zero-order chi connectivity index (χ0) is 16.7. The van der Waals surface area contributed by atoms with Gasteiger partial charge in [-0.3, -0.25) is 4.79 Å². The summed E-state index contributed by atoms with van der Waals surface area (Å²) in [5.74, 6) is -0.769. The number of benzene rings is 2. The van der Waals surface area contributed by atoms with Crippen molar-refractivity contribution < 1.29 is 14.3 Å². The van der Waals surface area contributed by atoms with Crippen LogP contribution in [0.5, 0.6) is 0 Å². The third kappa shape index (κ3) is 5.11. The molecule has 1 N–H and O–H groups in total. The second-order valence-corrected chi connectivity index (χ2v) is 5.58. The van der Waals surface area contributed by atoms with E-state index in [0.29, 0.717) is 11.6 Å². The summed E-state index contributed by atoms with van der Waals surface area (Å²) >= 11 is 5.90. The van der Waals surface area contributed by atoms with Gasteiger partial charge in [0.05, 0.1) is 10.6 Å². The second-order valence-electron chi connectivity index (χ2n) is 5.17. The molecule has 0 fully saturated rings. The molecule has 2 aromatic carbocycles. The predicted octanol–water partition coefficient (Wildman–Crippen LogP) is 3.42. The lowest BCUT2D eigenvalue weighted by atomic mass is 10.0. The van der Waals surface area contributed by atoms with Crippen molar-refractivity contribution in [1.82, 2.24) is 5.32 Å². The van der Waals surface area contributed by atoms with Crippen LogP contribution in [0.3, 0.4) is 0 Å². The fraction of sp³-hybridized carbons (Fsp3) is 0.222. The number of ether oxygens (including phenoxy) is 1. The number of hydrogen-bond donors (Lipinski definition) is 1. The number of carbonyl (C=O) groups excluding carboxylic acids is 2. The van der Waals surface area contributed by atoms with Crippen molar-refractivity contribution in [2.24, 2.45) is 0 Å². The summed E-state index contributed by atoms with van der Waals surface area (Å²) in [5.41, 5.74) is 1.39. The van der Waals surface area contributed by atoms with Gasteiger partial charge in [-0.2, -0.15) is 0 Å². The van der Waals surface area contributed by atoms with E-state index in [0.717, 1.165) is 5.56 Å². The Hall–Kier alpha value is -2.33. The van der Waals surface area contributed by atoms with Crippen LogP contribution in [0.2, 0.25) is 5.02 Å².